The highest BCUT2D eigenvalue weighted by Gasteiger charge is 2.13. The third-order valence-electron chi connectivity index (χ3n) is 4.09. The van der Waals surface area contributed by atoms with Crippen molar-refractivity contribution in [3.05, 3.63) is 52.8 Å². The highest BCUT2D eigenvalue weighted by Crippen LogP contribution is 2.23. The molecular formula is C21H22N2O5S. The average Bonchev–Trinajstić information content (AvgIpc) is 3.05. The Kier molecular flexibility index (Phi) is 6.66. The molecule has 1 heterocycles. The summed E-state index contributed by atoms with van der Waals surface area (Å²) in [7, 11) is 1.59. The summed E-state index contributed by atoms with van der Waals surface area (Å²) in [5, 5.41) is 0. The summed E-state index contributed by atoms with van der Waals surface area (Å²) in [6.45, 7) is 4.45. The lowest BCUT2D eigenvalue weighted by Crippen LogP contribution is -2.23. The van der Waals surface area contributed by atoms with Crippen molar-refractivity contribution in [2.75, 3.05) is 20.3 Å². The second-order valence-corrected chi connectivity index (χ2v) is 6.99. The monoisotopic (exact) mass is 414 g/mol. The summed E-state index contributed by atoms with van der Waals surface area (Å²) < 4.78 is 18.3. The SMILES string of the molecule is CCOC(=O)Cn1c(=NC(=O)c2ccc(OCC)cc2)sc2cc(OC)ccc21. The standard InChI is InChI=1S/C21H22N2O5S/c1-4-27-15-8-6-14(7-9-15)20(25)22-21-23(13-19(24)28-5-2)17-11-10-16(26-3)12-18(17)29-21/h6-12H,4-5,13H2,1-3H3. The molecule has 1 amide bonds. The number of hydrogen-bond acceptors (Lipinski definition) is 6. The van der Waals surface area contributed by atoms with Gasteiger partial charge >= 0.3 is 5.97 Å². The van der Waals surface area contributed by atoms with Crippen molar-refractivity contribution in [1.82, 2.24) is 4.57 Å². The number of carbonyl (C=O) groups excluding carboxylic acids is 2. The maximum Gasteiger partial charge on any atom is 0.326 e. The molecule has 3 rings (SSSR count). The van der Waals surface area contributed by atoms with Crippen LogP contribution in [0.15, 0.2) is 47.5 Å². The van der Waals surface area contributed by atoms with E-state index in [1.54, 1.807) is 48.9 Å². The molecule has 1 aromatic heterocycles. The Balaban J connectivity index is 2.03. The first-order valence-electron chi connectivity index (χ1n) is 9.20. The lowest BCUT2D eigenvalue weighted by atomic mass is 10.2. The fourth-order valence-corrected chi connectivity index (χ4v) is 3.82. The van der Waals surface area contributed by atoms with E-state index in [1.807, 2.05) is 19.1 Å². The van der Waals surface area contributed by atoms with E-state index in [0.29, 0.717) is 28.5 Å². The van der Waals surface area contributed by atoms with Gasteiger partial charge in [0.2, 0.25) is 0 Å². The van der Waals surface area contributed by atoms with Gasteiger partial charge in [-0.15, -0.1) is 0 Å². The fourth-order valence-electron chi connectivity index (χ4n) is 2.77. The summed E-state index contributed by atoms with van der Waals surface area (Å²) in [6, 6.07) is 12.3. The van der Waals surface area contributed by atoms with Crippen LogP contribution < -0.4 is 14.3 Å². The minimum absolute atomic E-state index is 0.0322. The average molecular weight is 414 g/mol. The van der Waals surface area contributed by atoms with Gasteiger partial charge in [0.1, 0.15) is 18.0 Å². The van der Waals surface area contributed by atoms with Crippen LogP contribution >= 0.6 is 11.3 Å². The van der Waals surface area contributed by atoms with Gasteiger partial charge in [-0.1, -0.05) is 11.3 Å². The van der Waals surface area contributed by atoms with E-state index >= 15 is 0 Å². The van der Waals surface area contributed by atoms with Gasteiger partial charge < -0.3 is 18.8 Å². The first-order chi connectivity index (χ1) is 14.0. The van der Waals surface area contributed by atoms with Crippen molar-refractivity contribution in [2.24, 2.45) is 4.99 Å². The zero-order valence-electron chi connectivity index (χ0n) is 16.5. The Bertz CT molecular complexity index is 1080. The summed E-state index contributed by atoms with van der Waals surface area (Å²) in [5.74, 6) is 0.587. The topological polar surface area (TPSA) is 79.1 Å². The lowest BCUT2D eigenvalue weighted by Gasteiger charge is -2.06. The van der Waals surface area contributed by atoms with Crippen molar-refractivity contribution in [3.63, 3.8) is 0 Å². The molecule has 0 spiro atoms. The maximum atomic E-state index is 12.7. The van der Waals surface area contributed by atoms with Gasteiger partial charge in [0.25, 0.3) is 5.91 Å². The van der Waals surface area contributed by atoms with E-state index in [9.17, 15) is 9.59 Å². The maximum absolute atomic E-state index is 12.7. The van der Waals surface area contributed by atoms with Crippen molar-refractivity contribution in [1.29, 1.82) is 0 Å². The Morgan fingerprint density at radius 3 is 2.41 bits per heavy atom. The molecule has 0 N–H and O–H groups in total. The molecule has 0 aliphatic carbocycles. The van der Waals surface area contributed by atoms with E-state index < -0.39 is 11.9 Å². The van der Waals surface area contributed by atoms with E-state index in [4.69, 9.17) is 14.2 Å². The number of benzene rings is 2. The second-order valence-electron chi connectivity index (χ2n) is 5.98. The number of aromatic nitrogens is 1. The molecule has 8 heteroatoms. The smallest absolute Gasteiger partial charge is 0.326 e. The van der Waals surface area contributed by atoms with Crippen LogP contribution in [0, 0.1) is 0 Å². The number of hydrogen-bond donors (Lipinski definition) is 0. The fraction of sp³-hybridized carbons (Fsp3) is 0.286. The largest absolute Gasteiger partial charge is 0.497 e. The predicted molar refractivity (Wildman–Crippen MR) is 111 cm³/mol. The summed E-state index contributed by atoms with van der Waals surface area (Å²) in [4.78, 5) is 29.5. The molecule has 0 aliphatic rings. The van der Waals surface area contributed by atoms with Crippen LogP contribution in [0.2, 0.25) is 0 Å². The highest BCUT2D eigenvalue weighted by atomic mass is 32.1. The van der Waals surface area contributed by atoms with Gasteiger partial charge in [-0.25, -0.2) is 0 Å². The van der Waals surface area contributed by atoms with Crippen LogP contribution in [0.25, 0.3) is 10.2 Å². The van der Waals surface area contributed by atoms with E-state index in [0.717, 1.165) is 10.2 Å². The van der Waals surface area contributed by atoms with Crippen LogP contribution in [0.3, 0.4) is 0 Å². The second kappa shape index (κ2) is 9.38. The highest BCUT2D eigenvalue weighted by molar-refractivity contribution is 7.16. The Hall–Kier alpha value is -3.13. The number of amides is 1. The van der Waals surface area contributed by atoms with Gasteiger partial charge in [-0.3, -0.25) is 9.59 Å². The molecule has 7 nitrogen and oxygen atoms in total. The van der Waals surface area contributed by atoms with Crippen LogP contribution in [0.1, 0.15) is 24.2 Å². The molecule has 0 saturated heterocycles. The number of esters is 1. The van der Waals surface area contributed by atoms with Crippen LogP contribution in [-0.2, 0) is 16.1 Å². The number of rotatable bonds is 7. The molecule has 0 radical (unpaired) electrons. The van der Waals surface area contributed by atoms with Crippen molar-refractivity contribution < 1.29 is 23.8 Å². The molecule has 0 atom stereocenters. The first-order valence-corrected chi connectivity index (χ1v) is 10.0. The minimum atomic E-state index is -0.399. The summed E-state index contributed by atoms with van der Waals surface area (Å²) >= 11 is 1.31. The zero-order chi connectivity index (χ0) is 20.8. The number of ether oxygens (including phenoxy) is 3. The van der Waals surface area contributed by atoms with Crippen molar-refractivity contribution >= 4 is 33.4 Å². The van der Waals surface area contributed by atoms with Gasteiger partial charge in [-0.05, 0) is 56.3 Å². The number of fused-ring (bicyclic) bond motifs is 1. The van der Waals surface area contributed by atoms with Crippen LogP contribution in [0.5, 0.6) is 11.5 Å². The minimum Gasteiger partial charge on any atom is -0.497 e. The Morgan fingerprint density at radius 1 is 1.03 bits per heavy atom. The molecule has 152 valence electrons. The van der Waals surface area contributed by atoms with Gasteiger partial charge in [-0.2, -0.15) is 4.99 Å². The summed E-state index contributed by atoms with van der Waals surface area (Å²) in [6.07, 6.45) is 0. The Morgan fingerprint density at radius 2 is 1.76 bits per heavy atom. The van der Waals surface area contributed by atoms with Gasteiger partial charge in [0, 0.05) is 5.56 Å². The summed E-state index contributed by atoms with van der Waals surface area (Å²) in [5.41, 5.74) is 1.22. The molecule has 0 fully saturated rings. The molecule has 3 aromatic rings. The third-order valence-corrected chi connectivity index (χ3v) is 5.13. The number of thiazole rings is 1. The molecule has 0 saturated carbocycles. The lowest BCUT2D eigenvalue weighted by molar-refractivity contribution is -0.143. The van der Waals surface area contributed by atoms with Crippen LogP contribution in [0.4, 0.5) is 0 Å². The van der Waals surface area contributed by atoms with E-state index in [1.165, 1.54) is 11.3 Å². The van der Waals surface area contributed by atoms with Gasteiger partial charge in [0.05, 0.1) is 30.5 Å². The van der Waals surface area contributed by atoms with Crippen molar-refractivity contribution in [3.8, 4) is 11.5 Å². The molecule has 0 bridgehead atoms. The normalized spacial score (nSPS) is 11.5. The van der Waals surface area contributed by atoms with Crippen LogP contribution in [-0.4, -0.2) is 36.8 Å². The molecule has 29 heavy (non-hydrogen) atoms. The molecular weight excluding hydrogens is 392 g/mol. The van der Waals surface area contributed by atoms with Gasteiger partial charge in [0.15, 0.2) is 4.80 Å². The molecule has 0 aliphatic heterocycles. The number of carbonyl (C=O) groups is 2. The quantitative estimate of drug-likeness (QED) is 0.554. The number of nitrogens with zero attached hydrogens (tertiary/aromatic N) is 2. The van der Waals surface area contributed by atoms with Crippen molar-refractivity contribution in [2.45, 2.75) is 20.4 Å². The predicted octanol–water partition coefficient (Wildman–Crippen LogP) is 3.41. The first kappa shape index (κ1) is 20.6. The third kappa shape index (κ3) is 4.83. The zero-order valence-corrected chi connectivity index (χ0v) is 17.3. The molecule has 2 aromatic carbocycles. The molecule has 0 unspecified atom stereocenters. The Labute approximate surface area is 172 Å². The van der Waals surface area contributed by atoms with E-state index in [-0.39, 0.29) is 13.2 Å². The van der Waals surface area contributed by atoms with E-state index in [2.05, 4.69) is 4.99 Å². The number of methoxy groups -OCH3 is 1.